The average Bonchev–Trinajstić information content (AvgIpc) is 2.66. The first-order valence-electron chi connectivity index (χ1n) is 7.77. The second-order valence-electron chi connectivity index (χ2n) is 5.62. The van der Waals surface area contributed by atoms with Crippen molar-refractivity contribution in [2.24, 2.45) is 7.05 Å². The first-order chi connectivity index (χ1) is 12.9. The molecule has 6 nitrogen and oxygen atoms in total. The van der Waals surface area contributed by atoms with Crippen molar-refractivity contribution in [1.29, 1.82) is 0 Å². The maximum Gasteiger partial charge on any atom is 0.255 e. The van der Waals surface area contributed by atoms with E-state index in [1.807, 2.05) is 0 Å². The zero-order valence-corrected chi connectivity index (χ0v) is 14.8. The van der Waals surface area contributed by atoms with E-state index in [0.717, 1.165) is 12.1 Å². The van der Waals surface area contributed by atoms with Crippen molar-refractivity contribution in [2.75, 3.05) is 11.9 Å². The lowest BCUT2D eigenvalue weighted by molar-refractivity contribution is 0.101. The summed E-state index contributed by atoms with van der Waals surface area (Å²) in [5.41, 5.74) is 0.581. The Morgan fingerprint density at radius 3 is 2.56 bits per heavy atom. The average molecular weight is 391 g/mol. The van der Waals surface area contributed by atoms with E-state index in [-0.39, 0.29) is 28.6 Å². The molecule has 0 saturated carbocycles. The molecule has 0 spiro atoms. The Labute approximate surface area is 157 Å². The molecule has 0 aliphatic carbocycles. The van der Waals surface area contributed by atoms with Gasteiger partial charge in [0, 0.05) is 36.6 Å². The minimum Gasteiger partial charge on any atom is -0.348 e. The monoisotopic (exact) mass is 390 g/mol. The number of aromatic nitrogens is 3. The van der Waals surface area contributed by atoms with Crippen molar-refractivity contribution in [3.05, 3.63) is 75.3 Å². The molecule has 3 aromatic rings. The van der Waals surface area contributed by atoms with Crippen LogP contribution in [0.15, 0.2) is 47.5 Å². The number of nitrogens with zero attached hydrogens (tertiary/aromatic N) is 3. The molecule has 1 aromatic carbocycles. The number of halogens is 3. The fourth-order valence-electron chi connectivity index (χ4n) is 2.36. The fraction of sp³-hybridized carbons (Fsp3) is 0.111. The number of carbonyl (C=O) groups is 1. The van der Waals surface area contributed by atoms with Gasteiger partial charge in [-0.3, -0.25) is 19.1 Å². The molecular weight excluding hydrogens is 378 g/mol. The summed E-state index contributed by atoms with van der Waals surface area (Å²) in [6, 6.07) is 6.22. The molecule has 0 bridgehead atoms. The standard InChI is InChI=1S/C18H13ClF2N4O2/c1-25-17(27)8-15(10-2-4-22-5-3-10)24-18(25)23-9-16(26)11-6-13(20)14(21)7-12(11)19/h2-8H,9H2,1H3,(H,23,24). The normalized spacial score (nSPS) is 10.7. The predicted molar refractivity (Wildman–Crippen MR) is 96.9 cm³/mol. The number of rotatable bonds is 5. The summed E-state index contributed by atoms with van der Waals surface area (Å²) in [4.78, 5) is 32.7. The molecular formula is C18H13ClF2N4O2. The van der Waals surface area contributed by atoms with Crippen LogP contribution in [0.2, 0.25) is 5.02 Å². The van der Waals surface area contributed by atoms with Gasteiger partial charge in [0.25, 0.3) is 5.56 Å². The molecule has 1 N–H and O–H groups in total. The third-order valence-corrected chi connectivity index (χ3v) is 4.14. The number of pyridine rings is 1. The van der Waals surface area contributed by atoms with Gasteiger partial charge in [-0.15, -0.1) is 0 Å². The molecule has 9 heteroatoms. The quantitative estimate of drug-likeness (QED) is 0.535. The first kappa shape index (κ1) is 18.7. The van der Waals surface area contributed by atoms with Crippen LogP contribution in [-0.4, -0.2) is 26.9 Å². The van der Waals surface area contributed by atoms with Crippen LogP contribution >= 0.6 is 11.6 Å². The van der Waals surface area contributed by atoms with Gasteiger partial charge in [0.05, 0.1) is 17.3 Å². The molecule has 0 fully saturated rings. The number of anilines is 1. The van der Waals surface area contributed by atoms with Crippen LogP contribution in [0.3, 0.4) is 0 Å². The van der Waals surface area contributed by atoms with E-state index in [4.69, 9.17) is 11.6 Å². The van der Waals surface area contributed by atoms with E-state index in [1.54, 1.807) is 24.5 Å². The molecule has 0 radical (unpaired) electrons. The lowest BCUT2D eigenvalue weighted by Crippen LogP contribution is -2.24. The molecule has 0 saturated heterocycles. The number of Topliss-reactive ketones (excluding diaryl/α,β-unsaturated/α-hetero) is 1. The maximum absolute atomic E-state index is 13.4. The molecule has 0 unspecified atom stereocenters. The van der Waals surface area contributed by atoms with Crippen LogP contribution in [0.1, 0.15) is 10.4 Å². The van der Waals surface area contributed by atoms with Crippen LogP contribution in [0.25, 0.3) is 11.3 Å². The lowest BCUT2D eigenvalue weighted by atomic mass is 10.1. The van der Waals surface area contributed by atoms with Crippen molar-refractivity contribution in [1.82, 2.24) is 14.5 Å². The minimum absolute atomic E-state index is 0.140. The van der Waals surface area contributed by atoms with Crippen LogP contribution in [0.4, 0.5) is 14.7 Å². The molecule has 0 atom stereocenters. The Hall–Kier alpha value is -3.13. The van der Waals surface area contributed by atoms with Crippen LogP contribution < -0.4 is 10.9 Å². The Balaban J connectivity index is 1.86. The minimum atomic E-state index is -1.17. The SMILES string of the molecule is Cn1c(NCC(=O)c2cc(F)c(F)cc2Cl)nc(-c2ccncc2)cc1=O. The summed E-state index contributed by atoms with van der Waals surface area (Å²) in [7, 11) is 1.49. The zero-order valence-electron chi connectivity index (χ0n) is 14.0. The molecule has 2 aromatic heterocycles. The highest BCUT2D eigenvalue weighted by Crippen LogP contribution is 2.21. The lowest BCUT2D eigenvalue weighted by Gasteiger charge is -2.12. The Morgan fingerprint density at radius 2 is 1.85 bits per heavy atom. The largest absolute Gasteiger partial charge is 0.348 e. The topological polar surface area (TPSA) is 76.9 Å². The van der Waals surface area contributed by atoms with Crippen molar-refractivity contribution in [3.63, 3.8) is 0 Å². The van der Waals surface area contributed by atoms with Gasteiger partial charge in [0.1, 0.15) is 0 Å². The summed E-state index contributed by atoms with van der Waals surface area (Å²) in [5.74, 6) is -2.75. The van der Waals surface area contributed by atoms with Gasteiger partial charge in [-0.1, -0.05) is 11.6 Å². The summed E-state index contributed by atoms with van der Waals surface area (Å²) in [6.07, 6.45) is 3.13. The van der Waals surface area contributed by atoms with Crippen LogP contribution in [0.5, 0.6) is 0 Å². The number of ketones is 1. The van der Waals surface area contributed by atoms with Gasteiger partial charge >= 0.3 is 0 Å². The zero-order chi connectivity index (χ0) is 19.6. The highest BCUT2D eigenvalue weighted by atomic mass is 35.5. The Kier molecular flexibility index (Phi) is 5.27. The number of benzene rings is 1. The van der Waals surface area contributed by atoms with Crippen molar-refractivity contribution in [2.45, 2.75) is 0 Å². The first-order valence-corrected chi connectivity index (χ1v) is 8.14. The van der Waals surface area contributed by atoms with Crippen molar-refractivity contribution in [3.8, 4) is 11.3 Å². The smallest absolute Gasteiger partial charge is 0.255 e. The highest BCUT2D eigenvalue weighted by molar-refractivity contribution is 6.34. The second kappa shape index (κ2) is 7.63. The summed E-state index contributed by atoms with van der Waals surface area (Å²) in [6.45, 7) is -0.315. The Bertz CT molecular complexity index is 1070. The third-order valence-electron chi connectivity index (χ3n) is 3.83. The highest BCUT2D eigenvalue weighted by Gasteiger charge is 2.16. The second-order valence-corrected chi connectivity index (χ2v) is 6.03. The third kappa shape index (κ3) is 4.01. The van der Waals surface area contributed by atoms with Gasteiger partial charge in [-0.25, -0.2) is 13.8 Å². The maximum atomic E-state index is 13.4. The van der Waals surface area contributed by atoms with E-state index < -0.39 is 17.4 Å². The number of hydrogen-bond acceptors (Lipinski definition) is 5. The predicted octanol–water partition coefficient (Wildman–Crippen LogP) is 3.07. The number of carbonyl (C=O) groups excluding carboxylic acids is 1. The fourth-order valence-corrected chi connectivity index (χ4v) is 2.61. The summed E-state index contributed by atoms with van der Waals surface area (Å²) in [5, 5.41) is 2.53. The molecule has 3 rings (SSSR count). The molecule has 0 aliphatic rings. The van der Waals surface area contributed by atoms with E-state index in [1.165, 1.54) is 17.7 Å². The number of nitrogens with one attached hydrogen (secondary N) is 1. The Morgan fingerprint density at radius 1 is 1.19 bits per heavy atom. The summed E-state index contributed by atoms with van der Waals surface area (Å²) >= 11 is 5.81. The molecule has 0 aliphatic heterocycles. The van der Waals surface area contributed by atoms with Gasteiger partial charge < -0.3 is 5.32 Å². The van der Waals surface area contributed by atoms with E-state index in [9.17, 15) is 18.4 Å². The van der Waals surface area contributed by atoms with Gasteiger partial charge in [0.2, 0.25) is 5.95 Å². The van der Waals surface area contributed by atoms with Crippen molar-refractivity contribution >= 4 is 23.3 Å². The van der Waals surface area contributed by atoms with Gasteiger partial charge in [-0.2, -0.15) is 0 Å². The van der Waals surface area contributed by atoms with Gasteiger partial charge in [-0.05, 0) is 24.3 Å². The molecule has 138 valence electrons. The van der Waals surface area contributed by atoms with E-state index >= 15 is 0 Å². The van der Waals surface area contributed by atoms with Gasteiger partial charge in [0.15, 0.2) is 17.4 Å². The molecule has 0 amide bonds. The number of hydrogen-bond donors (Lipinski definition) is 1. The van der Waals surface area contributed by atoms with Crippen molar-refractivity contribution < 1.29 is 13.6 Å². The summed E-state index contributed by atoms with van der Waals surface area (Å²) < 4.78 is 27.7. The molecule has 2 heterocycles. The van der Waals surface area contributed by atoms with Crippen LogP contribution in [-0.2, 0) is 7.05 Å². The van der Waals surface area contributed by atoms with Crippen LogP contribution in [0, 0.1) is 11.6 Å². The van der Waals surface area contributed by atoms with E-state index in [2.05, 4.69) is 15.3 Å². The molecule has 27 heavy (non-hydrogen) atoms. The van der Waals surface area contributed by atoms with E-state index in [0.29, 0.717) is 11.3 Å².